The molecule has 3 nitrogen and oxygen atoms in total. The second-order valence-corrected chi connectivity index (χ2v) is 7.12. The lowest BCUT2D eigenvalue weighted by Crippen LogP contribution is -2.26. The Hall–Kier alpha value is -1.06. The van der Waals surface area contributed by atoms with Gasteiger partial charge >= 0.3 is 0 Å². The molecule has 2 fully saturated rings. The van der Waals surface area contributed by atoms with Gasteiger partial charge in [-0.3, -0.25) is 4.79 Å². The van der Waals surface area contributed by atoms with Crippen LogP contribution in [0, 0.1) is 17.8 Å². The number of nitrogens with one attached hydrogen (secondary N) is 2. The third kappa shape index (κ3) is 3.16. The molecule has 0 saturated heterocycles. The van der Waals surface area contributed by atoms with E-state index in [1.165, 1.54) is 42.4 Å². The highest BCUT2D eigenvalue weighted by atomic mass is 35.5. The first-order valence-corrected chi connectivity index (χ1v) is 8.36. The Balaban J connectivity index is 0.00000144. The van der Waals surface area contributed by atoms with E-state index in [-0.39, 0.29) is 18.3 Å². The van der Waals surface area contributed by atoms with Crippen LogP contribution in [0.2, 0.25) is 0 Å². The zero-order valence-electron chi connectivity index (χ0n) is 12.9. The van der Waals surface area contributed by atoms with Crippen molar-refractivity contribution >= 4 is 18.3 Å². The van der Waals surface area contributed by atoms with Crippen LogP contribution in [-0.2, 0) is 24.4 Å². The second-order valence-electron chi connectivity index (χ2n) is 7.12. The van der Waals surface area contributed by atoms with E-state index in [1.54, 1.807) is 0 Å². The van der Waals surface area contributed by atoms with Crippen LogP contribution < -0.4 is 10.6 Å². The Labute approximate surface area is 138 Å². The summed E-state index contributed by atoms with van der Waals surface area (Å²) in [6.45, 7) is 2.61. The maximum atomic E-state index is 12.2. The van der Waals surface area contributed by atoms with Gasteiger partial charge in [0.05, 0.1) is 0 Å². The number of hydrogen-bond donors (Lipinski definition) is 2. The van der Waals surface area contributed by atoms with Crippen molar-refractivity contribution in [3.63, 3.8) is 0 Å². The fourth-order valence-electron chi connectivity index (χ4n) is 4.60. The predicted octanol–water partition coefficient (Wildman–Crippen LogP) is 3.15. The minimum absolute atomic E-state index is 0. The quantitative estimate of drug-likeness (QED) is 0.894. The number of rotatable bonds is 4. The molecule has 1 aromatic rings. The van der Waals surface area contributed by atoms with Gasteiger partial charge in [-0.1, -0.05) is 24.6 Å². The Morgan fingerprint density at radius 3 is 2.82 bits per heavy atom. The van der Waals surface area contributed by atoms with Crippen LogP contribution in [0.1, 0.15) is 48.8 Å². The van der Waals surface area contributed by atoms with Crippen molar-refractivity contribution in [1.82, 2.24) is 10.6 Å². The number of benzene rings is 1. The smallest absolute Gasteiger partial charge is 0.220 e. The fraction of sp³-hybridized carbons (Fsp3) is 0.611. The average Bonchev–Trinajstić information content (AvgIpc) is 3.20. The van der Waals surface area contributed by atoms with Crippen LogP contribution in [0.3, 0.4) is 0 Å². The third-order valence-electron chi connectivity index (χ3n) is 5.72. The van der Waals surface area contributed by atoms with Gasteiger partial charge in [-0.05, 0) is 53.7 Å². The fourth-order valence-corrected chi connectivity index (χ4v) is 4.60. The molecule has 1 aromatic carbocycles. The number of hydrogen-bond acceptors (Lipinski definition) is 2. The minimum Gasteiger partial charge on any atom is -0.352 e. The van der Waals surface area contributed by atoms with Crippen molar-refractivity contribution < 1.29 is 4.79 Å². The van der Waals surface area contributed by atoms with E-state index in [4.69, 9.17) is 0 Å². The standard InChI is InChI=1S/C18H24N2O.ClH/c21-18(8-16-6-12-1-3-14(16)5-12)20-9-13-2-4-15-10-19-11-17(15)7-13;/h2,4,7,12,14,16,19H,1,3,5-6,8-11H2,(H,20,21);1H. The van der Waals surface area contributed by atoms with E-state index in [1.807, 2.05) is 0 Å². The van der Waals surface area contributed by atoms with Gasteiger partial charge in [0.2, 0.25) is 5.91 Å². The largest absolute Gasteiger partial charge is 0.352 e. The third-order valence-corrected chi connectivity index (χ3v) is 5.72. The number of halogens is 1. The van der Waals surface area contributed by atoms with Gasteiger partial charge in [-0.25, -0.2) is 0 Å². The van der Waals surface area contributed by atoms with Crippen LogP contribution in [0.4, 0.5) is 0 Å². The highest BCUT2D eigenvalue weighted by Gasteiger charge is 2.39. The molecule has 3 unspecified atom stereocenters. The molecule has 2 N–H and O–H groups in total. The van der Waals surface area contributed by atoms with E-state index < -0.39 is 0 Å². The summed E-state index contributed by atoms with van der Waals surface area (Å²) in [5, 5.41) is 6.47. The molecule has 0 aromatic heterocycles. The van der Waals surface area contributed by atoms with E-state index in [2.05, 4.69) is 28.8 Å². The molecule has 120 valence electrons. The van der Waals surface area contributed by atoms with Crippen molar-refractivity contribution in [3.05, 3.63) is 34.9 Å². The lowest BCUT2D eigenvalue weighted by molar-refractivity contribution is -0.122. The van der Waals surface area contributed by atoms with Gasteiger partial charge in [0, 0.05) is 26.1 Å². The Kier molecular flexibility index (Phi) is 4.74. The van der Waals surface area contributed by atoms with E-state index >= 15 is 0 Å². The minimum atomic E-state index is 0. The number of amides is 1. The Bertz CT molecular complexity index is 560. The monoisotopic (exact) mass is 320 g/mol. The average molecular weight is 321 g/mol. The maximum Gasteiger partial charge on any atom is 0.220 e. The molecule has 1 aliphatic heterocycles. The summed E-state index contributed by atoms with van der Waals surface area (Å²) in [5.74, 6) is 2.67. The molecule has 2 aliphatic carbocycles. The normalized spacial score (nSPS) is 28.3. The predicted molar refractivity (Wildman–Crippen MR) is 89.6 cm³/mol. The van der Waals surface area contributed by atoms with Crippen LogP contribution in [0.15, 0.2) is 18.2 Å². The summed E-state index contributed by atoms with van der Waals surface area (Å²) < 4.78 is 0. The lowest BCUT2D eigenvalue weighted by atomic mass is 9.86. The van der Waals surface area contributed by atoms with Gasteiger partial charge in [0.25, 0.3) is 0 Å². The van der Waals surface area contributed by atoms with Crippen LogP contribution >= 0.6 is 12.4 Å². The number of carbonyl (C=O) groups excluding carboxylic acids is 1. The highest BCUT2D eigenvalue weighted by Crippen LogP contribution is 2.49. The zero-order valence-corrected chi connectivity index (χ0v) is 13.8. The summed E-state index contributed by atoms with van der Waals surface area (Å²) in [7, 11) is 0. The van der Waals surface area contributed by atoms with Crippen LogP contribution in [-0.4, -0.2) is 5.91 Å². The molecule has 1 heterocycles. The first-order chi connectivity index (χ1) is 10.3. The molecule has 2 saturated carbocycles. The first-order valence-electron chi connectivity index (χ1n) is 8.36. The topological polar surface area (TPSA) is 41.1 Å². The van der Waals surface area contributed by atoms with Crippen LogP contribution in [0.5, 0.6) is 0 Å². The first kappa shape index (κ1) is 15.8. The van der Waals surface area contributed by atoms with Gasteiger partial charge in [-0.2, -0.15) is 0 Å². The zero-order chi connectivity index (χ0) is 14.2. The van der Waals surface area contributed by atoms with E-state index in [0.29, 0.717) is 12.5 Å². The summed E-state index contributed by atoms with van der Waals surface area (Å²) in [6, 6.07) is 6.56. The number of carbonyl (C=O) groups is 1. The van der Waals surface area contributed by atoms with Gasteiger partial charge in [-0.15, -0.1) is 12.4 Å². The van der Waals surface area contributed by atoms with Gasteiger partial charge in [0.15, 0.2) is 0 Å². The molecule has 4 heteroatoms. The molecule has 0 spiro atoms. The molecule has 3 aliphatic rings. The summed E-state index contributed by atoms with van der Waals surface area (Å²) in [5.41, 5.74) is 4.00. The van der Waals surface area contributed by atoms with Gasteiger partial charge < -0.3 is 10.6 Å². The van der Waals surface area contributed by atoms with Crippen molar-refractivity contribution in [3.8, 4) is 0 Å². The van der Waals surface area contributed by atoms with Crippen LogP contribution in [0.25, 0.3) is 0 Å². The molecular weight excluding hydrogens is 296 g/mol. The molecule has 2 bridgehead atoms. The molecule has 1 amide bonds. The molecule has 22 heavy (non-hydrogen) atoms. The van der Waals surface area contributed by atoms with E-state index in [9.17, 15) is 4.79 Å². The number of fused-ring (bicyclic) bond motifs is 3. The van der Waals surface area contributed by atoms with E-state index in [0.717, 1.165) is 31.3 Å². The van der Waals surface area contributed by atoms with Crippen molar-refractivity contribution in [2.24, 2.45) is 17.8 Å². The second kappa shape index (κ2) is 6.59. The lowest BCUT2D eigenvalue weighted by Gasteiger charge is -2.20. The highest BCUT2D eigenvalue weighted by molar-refractivity contribution is 5.85. The summed E-state index contributed by atoms with van der Waals surface area (Å²) in [6.07, 6.45) is 6.19. The molecule has 4 rings (SSSR count). The Morgan fingerprint density at radius 2 is 2.05 bits per heavy atom. The molecule has 0 radical (unpaired) electrons. The van der Waals surface area contributed by atoms with Gasteiger partial charge in [0.1, 0.15) is 0 Å². The molecule has 3 atom stereocenters. The molecular formula is C18H25ClN2O. The van der Waals surface area contributed by atoms with Crippen molar-refractivity contribution in [1.29, 1.82) is 0 Å². The van der Waals surface area contributed by atoms with Crippen molar-refractivity contribution in [2.75, 3.05) is 0 Å². The Morgan fingerprint density at radius 1 is 1.18 bits per heavy atom. The SMILES string of the molecule is Cl.O=C(CC1CC2CCC1C2)NCc1ccc2c(c1)CNC2. The summed E-state index contributed by atoms with van der Waals surface area (Å²) >= 11 is 0. The van der Waals surface area contributed by atoms with Crippen molar-refractivity contribution in [2.45, 2.75) is 51.7 Å². The summed E-state index contributed by atoms with van der Waals surface area (Å²) in [4.78, 5) is 12.2. The maximum absolute atomic E-state index is 12.2.